The lowest BCUT2D eigenvalue weighted by Crippen LogP contribution is -2.41. The third kappa shape index (κ3) is 4.20. The van der Waals surface area contributed by atoms with Crippen LogP contribution in [0.5, 0.6) is 0 Å². The second-order valence-electron chi connectivity index (χ2n) is 3.38. The van der Waals surface area contributed by atoms with Crippen molar-refractivity contribution in [1.82, 2.24) is 10.3 Å². The van der Waals surface area contributed by atoms with Gasteiger partial charge in [0.1, 0.15) is 16.3 Å². The highest BCUT2D eigenvalue weighted by Crippen LogP contribution is 2.18. The minimum Gasteiger partial charge on any atom is -0.480 e. The Labute approximate surface area is 108 Å². The first-order chi connectivity index (χ1) is 7.90. The van der Waals surface area contributed by atoms with E-state index in [9.17, 15) is 9.59 Å². The van der Waals surface area contributed by atoms with Crippen molar-refractivity contribution < 1.29 is 14.7 Å². The maximum Gasteiger partial charge on any atom is 0.326 e. The number of amides is 1. The van der Waals surface area contributed by atoms with Gasteiger partial charge in [0.05, 0.1) is 0 Å². The van der Waals surface area contributed by atoms with Crippen molar-refractivity contribution in [1.29, 1.82) is 0 Å². The van der Waals surface area contributed by atoms with Gasteiger partial charge in [0.15, 0.2) is 0 Å². The Morgan fingerprint density at radius 2 is 2.12 bits per heavy atom. The highest BCUT2D eigenvalue weighted by molar-refractivity contribution is 6.32. The highest BCUT2D eigenvalue weighted by Gasteiger charge is 2.20. The van der Waals surface area contributed by atoms with E-state index in [-0.39, 0.29) is 16.7 Å². The van der Waals surface area contributed by atoms with Crippen LogP contribution < -0.4 is 5.32 Å². The Hall–Kier alpha value is -1.33. The molecule has 5 nitrogen and oxygen atoms in total. The van der Waals surface area contributed by atoms with Gasteiger partial charge in [-0.15, -0.1) is 0 Å². The van der Waals surface area contributed by atoms with Gasteiger partial charge < -0.3 is 10.4 Å². The standard InChI is InChI=1S/C10H10Cl2N2O3/c1-5(15)13-7(10(16)17)4-6-2-3-8(11)14-9(6)12/h2-3,7H,4H2,1H3,(H,13,15)(H,16,17). The molecule has 1 aromatic heterocycles. The molecule has 0 aliphatic rings. The van der Waals surface area contributed by atoms with E-state index in [2.05, 4.69) is 10.3 Å². The first-order valence-corrected chi connectivity index (χ1v) is 5.46. The van der Waals surface area contributed by atoms with Gasteiger partial charge in [0, 0.05) is 13.3 Å². The summed E-state index contributed by atoms with van der Waals surface area (Å²) in [5.74, 6) is -1.55. The number of nitrogens with zero attached hydrogens (tertiary/aromatic N) is 1. The zero-order valence-corrected chi connectivity index (χ0v) is 10.4. The number of halogens is 2. The number of pyridine rings is 1. The molecule has 0 radical (unpaired) electrons. The molecular weight excluding hydrogens is 267 g/mol. The van der Waals surface area contributed by atoms with Gasteiger partial charge in [-0.25, -0.2) is 9.78 Å². The van der Waals surface area contributed by atoms with Crippen LogP contribution in [0.4, 0.5) is 0 Å². The molecular formula is C10H10Cl2N2O3. The van der Waals surface area contributed by atoms with Crippen molar-refractivity contribution in [2.75, 3.05) is 0 Å². The van der Waals surface area contributed by atoms with Gasteiger partial charge in [-0.2, -0.15) is 0 Å². The lowest BCUT2D eigenvalue weighted by atomic mass is 10.1. The van der Waals surface area contributed by atoms with Gasteiger partial charge in [0.25, 0.3) is 0 Å². The summed E-state index contributed by atoms with van der Waals surface area (Å²) in [5, 5.41) is 11.6. The largest absolute Gasteiger partial charge is 0.480 e. The van der Waals surface area contributed by atoms with E-state index in [1.54, 1.807) is 6.07 Å². The molecule has 1 amide bonds. The molecule has 0 fully saturated rings. The number of carboxylic acid groups (broad SMARTS) is 1. The van der Waals surface area contributed by atoms with Crippen molar-refractivity contribution in [2.45, 2.75) is 19.4 Å². The van der Waals surface area contributed by atoms with Crippen LogP contribution in [0.1, 0.15) is 12.5 Å². The summed E-state index contributed by atoms with van der Waals surface area (Å²) < 4.78 is 0. The Morgan fingerprint density at radius 1 is 1.47 bits per heavy atom. The SMILES string of the molecule is CC(=O)NC(Cc1ccc(Cl)nc1Cl)C(=O)O. The molecule has 0 saturated heterocycles. The zero-order valence-electron chi connectivity index (χ0n) is 8.91. The third-order valence-corrected chi connectivity index (χ3v) is 2.53. The lowest BCUT2D eigenvalue weighted by Gasteiger charge is -2.13. The lowest BCUT2D eigenvalue weighted by molar-refractivity contribution is -0.141. The van der Waals surface area contributed by atoms with Gasteiger partial charge in [-0.05, 0) is 11.6 Å². The van der Waals surface area contributed by atoms with E-state index in [1.807, 2.05) is 0 Å². The van der Waals surface area contributed by atoms with Crippen molar-refractivity contribution in [2.24, 2.45) is 0 Å². The van der Waals surface area contributed by atoms with Crippen LogP contribution >= 0.6 is 23.2 Å². The molecule has 1 rings (SSSR count). The number of hydrogen-bond donors (Lipinski definition) is 2. The van der Waals surface area contributed by atoms with E-state index in [1.165, 1.54) is 13.0 Å². The van der Waals surface area contributed by atoms with E-state index < -0.39 is 17.9 Å². The number of carbonyl (C=O) groups excluding carboxylic acids is 1. The first kappa shape index (κ1) is 13.7. The van der Waals surface area contributed by atoms with E-state index in [0.29, 0.717) is 5.56 Å². The molecule has 92 valence electrons. The number of nitrogens with one attached hydrogen (secondary N) is 1. The Kier molecular flexibility index (Phi) is 4.72. The molecule has 1 heterocycles. The molecule has 1 unspecified atom stereocenters. The van der Waals surface area contributed by atoms with Crippen molar-refractivity contribution >= 4 is 35.1 Å². The minimum atomic E-state index is -1.13. The molecule has 1 aromatic rings. The van der Waals surface area contributed by atoms with E-state index in [4.69, 9.17) is 28.3 Å². The van der Waals surface area contributed by atoms with Gasteiger partial charge in [0.2, 0.25) is 5.91 Å². The number of aliphatic carboxylic acids is 1. The zero-order chi connectivity index (χ0) is 13.0. The molecule has 0 spiro atoms. The number of carbonyl (C=O) groups is 2. The van der Waals surface area contributed by atoms with Gasteiger partial charge in [-0.3, -0.25) is 4.79 Å². The molecule has 0 saturated carbocycles. The van der Waals surface area contributed by atoms with Crippen LogP contribution in [0.25, 0.3) is 0 Å². The van der Waals surface area contributed by atoms with Crippen LogP contribution in [0.15, 0.2) is 12.1 Å². The fraction of sp³-hybridized carbons (Fsp3) is 0.300. The maximum atomic E-state index is 10.9. The predicted octanol–water partition coefficient (Wildman–Crippen LogP) is 1.52. The summed E-state index contributed by atoms with van der Waals surface area (Å²) in [4.78, 5) is 25.5. The van der Waals surface area contributed by atoms with Crippen molar-refractivity contribution in [3.05, 3.63) is 28.0 Å². The summed E-state index contributed by atoms with van der Waals surface area (Å²) in [6.07, 6.45) is 0.0535. The minimum absolute atomic E-state index is 0.0535. The summed E-state index contributed by atoms with van der Waals surface area (Å²) in [7, 11) is 0. The molecule has 0 aromatic carbocycles. The molecule has 0 aliphatic heterocycles. The monoisotopic (exact) mass is 276 g/mol. The molecule has 17 heavy (non-hydrogen) atoms. The number of hydrogen-bond acceptors (Lipinski definition) is 3. The fourth-order valence-electron chi connectivity index (χ4n) is 1.26. The average molecular weight is 277 g/mol. The smallest absolute Gasteiger partial charge is 0.326 e. The maximum absolute atomic E-state index is 10.9. The third-order valence-electron chi connectivity index (χ3n) is 1.99. The second kappa shape index (κ2) is 5.84. The predicted molar refractivity (Wildman–Crippen MR) is 63.2 cm³/mol. The number of carboxylic acids is 1. The van der Waals surface area contributed by atoms with E-state index in [0.717, 1.165) is 0 Å². The van der Waals surface area contributed by atoms with Crippen LogP contribution in [-0.4, -0.2) is 28.0 Å². The van der Waals surface area contributed by atoms with Gasteiger partial charge in [-0.1, -0.05) is 29.3 Å². The quantitative estimate of drug-likeness (QED) is 0.818. The average Bonchev–Trinajstić information content (AvgIpc) is 2.19. The number of aromatic nitrogens is 1. The summed E-state index contributed by atoms with van der Waals surface area (Å²) in [6, 6.07) is 2.05. The van der Waals surface area contributed by atoms with Crippen LogP contribution in [0.2, 0.25) is 10.3 Å². The molecule has 0 bridgehead atoms. The topological polar surface area (TPSA) is 79.3 Å². The van der Waals surface area contributed by atoms with E-state index >= 15 is 0 Å². The summed E-state index contributed by atoms with van der Waals surface area (Å²) in [6.45, 7) is 1.25. The number of rotatable bonds is 4. The van der Waals surface area contributed by atoms with Crippen molar-refractivity contribution in [3.8, 4) is 0 Å². The Balaban J connectivity index is 2.86. The van der Waals surface area contributed by atoms with Crippen LogP contribution in [-0.2, 0) is 16.0 Å². The Bertz CT molecular complexity index is 451. The van der Waals surface area contributed by atoms with Crippen molar-refractivity contribution in [3.63, 3.8) is 0 Å². The van der Waals surface area contributed by atoms with Crippen LogP contribution in [0, 0.1) is 0 Å². The Morgan fingerprint density at radius 3 is 2.59 bits per heavy atom. The summed E-state index contributed by atoms with van der Waals surface area (Å²) >= 11 is 11.4. The molecule has 1 atom stereocenters. The fourth-order valence-corrected chi connectivity index (χ4v) is 1.68. The molecule has 2 N–H and O–H groups in total. The summed E-state index contributed by atoms with van der Waals surface area (Å²) in [5.41, 5.74) is 0.511. The van der Waals surface area contributed by atoms with Gasteiger partial charge >= 0.3 is 5.97 Å². The molecule has 0 aliphatic carbocycles. The molecule has 7 heteroatoms. The van der Waals surface area contributed by atoms with Crippen LogP contribution in [0.3, 0.4) is 0 Å². The highest BCUT2D eigenvalue weighted by atomic mass is 35.5. The normalized spacial score (nSPS) is 11.9. The second-order valence-corrected chi connectivity index (χ2v) is 4.12. The first-order valence-electron chi connectivity index (χ1n) is 4.71.